The standard InChI is InChI=1S/C15H16N2O3S/c1-9(15(18)21)14-16-7-11(8-17-14)10-4-5-12(19-2)13(6-10)20-3/h4-9H,1-3H3,(H,18,21). The number of carbonyl (C=O) groups is 1. The number of nitrogens with zero attached hydrogens (tertiary/aromatic N) is 2. The van der Waals surface area contributed by atoms with Crippen LogP contribution in [0.15, 0.2) is 30.6 Å². The van der Waals surface area contributed by atoms with Crippen molar-refractivity contribution in [3.05, 3.63) is 36.4 Å². The van der Waals surface area contributed by atoms with E-state index in [9.17, 15) is 4.79 Å². The van der Waals surface area contributed by atoms with Gasteiger partial charge in [0.2, 0.25) is 0 Å². The van der Waals surface area contributed by atoms with Crippen molar-refractivity contribution in [1.82, 2.24) is 9.97 Å². The Morgan fingerprint density at radius 2 is 1.71 bits per heavy atom. The lowest BCUT2D eigenvalue weighted by atomic mass is 10.1. The fraction of sp³-hybridized carbons (Fsp3) is 0.267. The first kappa shape index (κ1) is 15.3. The lowest BCUT2D eigenvalue weighted by Crippen LogP contribution is -2.06. The van der Waals surface area contributed by atoms with Crippen LogP contribution in [0.5, 0.6) is 11.5 Å². The van der Waals surface area contributed by atoms with Crippen LogP contribution in [0.2, 0.25) is 0 Å². The number of methoxy groups -OCH3 is 2. The molecule has 1 atom stereocenters. The summed E-state index contributed by atoms with van der Waals surface area (Å²) in [6.45, 7) is 1.72. The zero-order valence-corrected chi connectivity index (χ0v) is 12.9. The van der Waals surface area contributed by atoms with Crippen molar-refractivity contribution in [2.75, 3.05) is 14.2 Å². The van der Waals surface area contributed by atoms with Gasteiger partial charge < -0.3 is 9.47 Å². The monoisotopic (exact) mass is 304 g/mol. The fourth-order valence-corrected chi connectivity index (χ4v) is 1.95. The lowest BCUT2D eigenvalue weighted by Gasteiger charge is -2.10. The van der Waals surface area contributed by atoms with Crippen LogP contribution in [0.25, 0.3) is 11.1 Å². The molecule has 0 fully saturated rings. The molecule has 0 aliphatic rings. The molecule has 1 unspecified atom stereocenters. The molecule has 21 heavy (non-hydrogen) atoms. The number of thiol groups is 1. The predicted molar refractivity (Wildman–Crippen MR) is 83.0 cm³/mol. The normalized spacial score (nSPS) is 11.8. The van der Waals surface area contributed by atoms with Gasteiger partial charge in [-0.3, -0.25) is 4.79 Å². The maximum atomic E-state index is 11.2. The zero-order valence-electron chi connectivity index (χ0n) is 12.0. The summed E-state index contributed by atoms with van der Waals surface area (Å²) in [5, 5.41) is -0.256. The minimum absolute atomic E-state index is 0.256. The van der Waals surface area contributed by atoms with E-state index in [1.807, 2.05) is 18.2 Å². The SMILES string of the molecule is COc1ccc(-c2cnc(C(C)C(=O)S)nc2)cc1OC. The fourth-order valence-electron chi connectivity index (χ4n) is 1.84. The number of benzene rings is 1. The Labute approximate surface area is 128 Å². The third-order valence-electron chi connectivity index (χ3n) is 3.15. The summed E-state index contributed by atoms with van der Waals surface area (Å²) >= 11 is 3.80. The lowest BCUT2D eigenvalue weighted by molar-refractivity contribution is -0.111. The highest BCUT2D eigenvalue weighted by Crippen LogP contribution is 2.31. The predicted octanol–water partition coefficient (Wildman–Crippen LogP) is 2.72. The number of hydrogen-bond donors (Lipinski definition) is 1. The van der Waals surface area contributed by atoms with Crippen LogP contribution in [0.1, 0.15) is 18.7 Å². The van der Waals surface area contributed by atoms with Crippen LogP contribution in [-0.2, 0) is 4.79 Å². The van der Waals surface area contributed by atoms with E-state index in [-0.39, 0.29) is 5.12 Å². The van der Waals surface area contributed by atoms with Crippen molar-refractivity contribution < 1.29 is 14.3 Å². The van der Waals surface area contributed by atoms with Gasteiger partial charge in [0, 0.05) is 18.0 Å². The van der Waals surface area contributed by atoms with E-state index in [1.54, 1.807) is 33.5 Å². The zero-order chi connectivity index (χ0) is 15.4. The number of carbonyl (C=O) groups excluding carboxylic acids is 1. The van der Waals surface area contributed by atoms with Gasteiger partial charge in [-0.1, -0.05) is 6.07 Å². The molecule has 110 valence electrons. The molecule has 0 saturated heterocycles. The Hall–Kier alpha value is -2.08. The molecule has 1 aromatic carbocycles. The minimum atomic E-state index is -0.423. The average molecular weight is 304 g/mol. The Kier molecular flexibility index (Phi) is 4.80. The van der Waals surface area contributed by atoms with Crippen LogP contribution < -0.4 is 9.47 Å². The summed E-state index contributed by atoms with van der Waals surface area (Å²) in [4.78, 5) is 19.6. The van der Waals surface area contributed by atoms with Gasteiger partial charge in [-0.25, -0.2) is 9.97 Å². The van der Waals surface area contributed by atoms with Crippen molar-refractivity contribution in [2.45, 2.75) is 12.8 Å². The second kappa shape index (κ2) is 6.58. The van der Waals surface area contributed by atoms with Gasteiger partial charge >= 0.3 is 0 Å². The molecule has 0 aliphatic carbocycles. The topological polar surface area (TPSA) is 61.3 Å². The highest BCUT2D eigenvalue weighted by atomic mass is 32.1. The third kappa shape index (κ3) is 3.33. The summed E-state index contributed by atoms with van der Waals surface area (Å²) in [5.74, 6) is 1.33. The summed E-state index contributed by atoms with van der Waals surface area (Å²) in [6, 6.07) is 5.57. The third-order valence-corrected chi connectivity index (χ3v) is 3.53. The maximum Gasteiger partial charge on any atom is 0.196 e. The van der Waals surface area contributed by atoms with Gasteiger partial charge in [0.15, 0.2) is 16.6 Å². The van der Waals surface area contributed by atoms with E-state index in [4.69, 9.17) is 9.47 Å². The average Bonchev–Trinajstić information content (AvgIpc) is 2.53. The van der Waals surface area contributed by atoms with E-state index < -0.39 is 5.92 Å². The van der Waals surface area contributed by atoms with Gasteiger partial charge in [0.25, 0.3) is 0 Å². The Morgan fingerprint density at radius 1 is 1.10 bits per heavy atom. The van der Waals surface area contributed by atoms with Crippen molar-refractivity contribution in [2.24, 2.45) is 0 Å². The van der Waals surface area contributed by atoms with Crippen LogP contribution in [0, 0.1) is 0 Å². The summed E-state index contributed by atoms with van der Waals surface area (Å²) in [7, 11) is 3.17. The Balaban J connectivity index is 2.32. The molecule has 0 bridgehead atoms. The minimum Gasteiger partial charge on any atom is -0.493 e. The van der Waals surface area contributed by atoms with Gasteiger partial charge in [-0.2, -0.15) is 0 Å². The number of hydrogen-bond acceptors (Lipinski definition) is 5. The van der Waals surface area contributed by atoms with E-state index in [0.717, 1.165) is 11.1 Å². The highest BCUT2D eigenvalue weighted by Gasteiger charge is 2.14. The summed E-state index contributed by atoms with van der Waals surface area (Å²) in [5.41, 5.74) is 1.74. The Bertz CT molecular complexity index is 644. The molecule has 0 spiro atoms. The molecular formula is C15H16N2O3S. The quantitative estimate of drug-likeness (QED) is 0.861. The molecule has 2 aromatic rings. The molecule has 0 saturated carbocycles. The Morgan fingerprint density at radius 3 is 2.24 bits per heavy atom. The van der Waals surface area contributed by atoms with E-state index >= 15 is 0 Å². The van der Waals surface area contributed by atoms with E-state index in [1.165, 1.54) is 0 Å². The van der Waals surface area contributed by atoms with Crippen molar-refractivity contribution in [3.63, 3.8) is 0 Å². The number of ether oxygens (including phenoxy) is 2. The molecular weight excluding hydrogens is 288 g/mol. The van der Waals surface area contributed by atoms with Crippen molar-refractivity contribution in [3.8, 4) is 22.6 Å². The molecule has 6 heteroatoms. The molecule has 2 rings (SSSR count). The molecule has 0 radical (unpaired) electrons. The number of aromatic nitrogens is 2. The molecule has 0 amide bonds. The molecule has 1 aromatic heterocycles. The second-order valence-corrected chi connectivity index (χ2v) is 4.90. The first-order chi connectivity index (χ1) is 10.1. The smallest absolute Gasteiger partial charge is 0.196 e. The first-order valence-electron chi connectivity index (χ1n) is 6.34. The maximum absolute atomic E-state index is 11.2. The summed E-state index contributed by atoms with van der Waals surface area (Å²) < 4.78 is 10.5. The largest absolute Gasteiger partial charge is 0.493 e. The van der Waals surface area contributed by atoms with Crippen LogP contribution in [0.4, 0.5) is 0 Å². The highest BCUT2D eigenvalue weighted by molar-refractivity contribution is 7.96. The van der Waals surface area contributed by atoms with Crippen LogP contribution in [-0.4, -0.2) is 29.3 Å². The van der Waals surface area contributed by atoms with Gasteiger partial charge in [-0.05, 0) is 24.6 Å². The van der Waals surface area contributed by atoms with Crippen molar-refractivity contribution in [1.29, 1.82) is 0 Å². The molecule has 1 heterocycles. The van der Waals surface area contributed by atoms with Gasteiger partial charge in [0.1, 0.15) is 5.82 Å². The van der Waals surface area contributed by atoms with E-state index in [0.29, 0.717) is 17.3 Å². The van der Waals surface area contributed by atoms with Crippen molar-refractivity contribution >= 4 is 17.7 Å². The second-order valence-electron chi connectivity index (χ2n) is 4.46. The van der Waals surface area contributed by atoms with Gasteiger partial charge in [0.05, 0.1) is 20.1 Å². The van der Waals surface area contributed by atoms with Crippen LogP contribution >= 0.6 is 12.6 Å². The first-order valence-corrected chi connectivity index (χ1v) is 6.78. The molecule has 0 aliphatic heterocycles. The van der Waals surface area contributed by atoms with E-state index in [2.05, 4.69) is 22.6 Å². The molecule has 5 nitrogen and oxygen atoms in total. The molecule has 0 N–H and O–H groups in total. The summed E-state index contributed by atoms with van der Waals surface area (Å²) in [6.07, 6.45) is 3.35. The number of rotatable bonds is 5. The van der Waals surface area contributed by atoms with Crippen LogP contribution in [0.3, 0.4) is 0 Å². The van der Waals surface area contributed by atoms with Gasteiger partial charge in [-0.15, -0.1) is 12.6 Å².